The average Bonchev–Trinajstić information content (AvgIpc) is 2.45. The van der Waals surface area contributed by atoms with Crippen molar-refractivity contribution < 1.29 is 14.6 Å². The van der Waals surface area contributed by atoms with Gasteiger partial charge in [-0.25, -0.2) is 0 Å². The van der Waals surface area contributed by atoms with Gasteiger partial charge in [0.1, 0.15) is 5.75 Å². The Labute approximate surface area is 136 Å². The smallest absolute Gasteiger partial charge is 0.311 e. The van der Waals surface area contributed by atoms with E-state index in [2.05, 4.69) is 15.9 Å². The van der Waals surface area contributed by atoms with Crippen molar-refractivity contribution in [2.24, 2.45) is 0 Å². The fraction of sp³-hybridized carbons (Fsp3) is 0.188. The number of carboxylic acid groups (broad SMARTS) is 1. The molecule has 1 N–H and O–H groups in total. The fourth-order valence-electron chi connectivity index (χ4n) is 2.21. The van der Waals surface area contributed by atoms with Crippen molar-refractivity contribution in [3.8, 4) is 5.75 Å². The molecule has 0 heterocycles. The molecular formula is C16H14BrClO3. The minimum absolute atomic E-state index is 0.307. The molecule has 0 radical (unpaired) electrons. The number of hydrogen-bond donors (Lipinski definition) is 1. The van der Waals surface area contributed by atoms with E-state index >= 15 is 0 Å². The van der Waals surface area contributed by atoms with Crippen LogP contribution in [-0.2, 0) is 11.2 Å². The van der Waals surface area contributed by atoms with E-state index < -0.39 is 11.9 Å². The predicted octanol–water partition coefficient (Wildman–Crippen LogP) is 4.52. The molecule has 0 saturated carbocycles. The maximum absolute atomic E-state index is 11.6. The largest absolute Gasteiger partial charge is 0.496 e. The zero-order valence-electron chi connectivity index (χ0n) is 11.3. The first kappa shape index (κ1) is 15.9. The number of carboxylic acids is 1. The van der Waals surface area contributed by atoms with Crippen LogP contribution in [0.2, 0.25) is 5.02 Å². The maximum Gasteiger partial charge on any atom is 0.311 e. The zero-order chi connectivity index (χ0) is 15.4. The molecule has 110 valence electrons. The Hall–Kier alpha value is -1.52. The third kappa shape index (κ3) is 3.77. The van der Waals surface area contributed by atoms with Gasteiger partial charge in [0.15, 0.2) is 0 Å². The molecule has 0 aliphatic rings. The number of aliphatic carboxylic acids is 1. The molecule has 0 amide bonds. The van der Waals surface area contributed by atoms with Gasteiger partial charge in [0.2, 0.25) is 0 Å². The normalized spacial score (nSPS) is 12.0. The quantitative estimate of drug-likeness (QED) is 0.843. The Kier molecular flexibility index (Phi) is 5.26. The summed E-state index contributed by atoms with van der Waals surface area (Å²) in [6, 6.07) is 12.5. The lowest BCUT2D eigenvalue weighted by Gasteiger charge is -2.16. The molecule has 0 saturated heterocycles. The monoisotopic (exact) mass is 368 g/mol. The molecule has 3 nitrogen and oxygen atoms in total. The van der Waals surface area contributed by atoms with Crippen molar-refractivity contribution in [1.82, 2.24) is 0 Å². The van der Waals surface area contributed by atoms with E-state index in [4.69, 9.17) is 16.3 Å². The number of halogens is 2. The highest BCUT2D eigenvalue weighted by Crippen LogP contribution is 2.32. The standard InChI is InChI=1S/C16H14BrClO3/c1-21-15-7-6-11(17)8-10(15)9-13(16(19)20)12-4-2-3-5-14(12)18/h2-8,13H,9H2,1H3,(H,19,20). The van der Waals surface area contributed by atoms with E-state index in [9.17, 15) is 9.90 Å². The molecule has 0 aliphatic carbocycles. The molecule has 1 atom stereocenters. The van der Waals surface area contributed by atoms with E-state index in [1.807, 2.05) is 18.2 Å². The Bertz CT molecular complexity index is 658. The van der Waals surface area contributed by atoms with Gasteiger partial charge in [0, 0.05) is 9.50 Å². The third-order valence-electron chi connectivity index (χ3n) is 3.25. The first-order valence-corrected chi connectivity index (χ1v) is 7.49. The minimum atomic E-state index is -0.912. The molecule has 0 spiro atoms. The van der Waals surface area contributed by atoms with E-state index in [0.29, 0.717) is 22.8 Å². The first-order valence-electron chi connectivity index (χ1n) is 6.32. The van der Waals surface area contributed by atoms with Crippen LogP contribution in [0.15, 0.2) is 46.9 Å². The zero-order valence-corrected chi connectivity index (χ0v) is 13.7. The van der Waals surface area contributed by atoms with Crippen LogP contribution in [0.5, 0.6) is 5.75 Å². The van der Waals surface area contributed by atoms with Crippen LogP contribution >= 0.6 is 27.5 Å². The molecular weight excluding hydrogens is 356 g/mol. The number of benzene rings is 2. The summed E-state index contributed by atoms with van der Waals surface area (Å²) >= 11 is 9.52. The van der Waals surface area contributed by atoms with Crippen molar-refractivity contribution in [3.05, 3.63) is 63.1 Å². The van der Waals surface area contributed by atoms with E-state index in [0.717, 1.165) is 10.0 Å². The highest BCUT2D eigenvalue weighted by molar-refractivity contribution is 9.10. The highest BCUT2D eigenvalue weighted by atomic mass is 79.9. The van der Waals surface area contributed by atoms with Crippen LogP contribution in [0.1, 0.15) is 17.0 Å². The second-order valence-electron chi connectivity index (χ2n) is 4.57. The fourth-order valence-corrected chi connectivity index (χ4v) is 2.89. The maximum atomic E-state index is 11.6. The van der Waals surface area contributed by atoms with Crippen LogP contribution in [0.3, 0.4) is 0 Å². The number of rotatable bonds is 5. The lowest BCUT2D eigenvalue weighted by atomic mass is 9.91. The van der Waals surface area contributed by atoms with Crippen LogP contribution in [0, 0.1) is 0 Å². The van der Waals surface area contributed by atoms with Gasteiger partial charge in [-0.05, 0) is 41.8 Å². The van der Waals surface area contributed by atoms with Crippen molar-refractivity contribution >= 4 is 33.5 Å². The first-order chi connectivity index (χ1) is 10.0. The van der Waals surface area contributed by atoms with Gasteiger partial charge in [-0.2, -0.15) is 0 Å². The molecule has 5 heteroatoms. The molecule has 0 bridgehead atoms. The van der Waals surface area contributed by atoms with E-state index in [1.54, 1.807) is 31.4 Å². The highest BCUT2D eigenvalue weighted by Gasteiger charge is 2.24. The summed E-state index contributed by atoms with van der Waals surface area (Å²) < 4.78 is 6.18. The predicted molar refractivity (Wildman–Crippen MR) is 86.2 cm³/mol. The lowest BCUT2D eigenvalue weighted by molar-refractivity contribution is -0.138. The molecule has 2 rings (SSSR count). The molecule has 2 aromatic carbocycles. The number of ether oxygens (including phenoxy) is 1. The van der Waals surface area contributed by atoms with Crippen molar-refractivity contribution in [2.45, 2.75) is 12.3 Å². The van der Waals surface area contributed by atoms with Crippen molar-refractivity contribution in [1.29, 1.82) is 0 Å². The number of methoxy groups -OCH3 is 1. The van der Waals surface area contributed by atoms with Gasteiger partial charge in [0.25, 0.3) is 0 Å². The summed E-state index contributed by atoms with van der Waals surface area (Å²) in [5.74, 6) is -0.969. The number of carbonyl (C=O) groups is 1. The Balaban J connectivity index is 2.40. The molecule has 2 aromatic rings. The van der Waals surface area contributed by atoms with Gasteiger partial charge in [-0.1, -0.05) is 45.7 Å². The van der Waals surface area contributed by atoms with Crippen LogP contribution in [-0.4, -0.2) is 18.2 Å². The second-order valence-corrected chi connectivity index (χ2v) is 5.90. The topological polar surface area (TPSA) is 46.5 Å². The summed E-state index contributed by atoms with van der Waals surface area (Å²) in [6.45, 7) is 0. The van der Waals surface area contributed by atoms with Gasteiger partial charge < -0.3 is 9.84 Å². The summed E-state index contributed by atoms with van der Waals surface area (Å²) in [7, 11) is 1.57. The van der Waals surface area contributed by atoms with Gasteiger partial charge in [0.05, 0.1) is 13.0 Å². The van der Waals surface area contributed by atoms with Crippen molar-refractivity contribution in [3.63, 3.8) is 0 Å². The summed E-state index contributed by atoms with van der Waals surface area (Å²) in [5.41, 5.74) is 1.42. The number of hydrogen-bond acceptors (Lipinski definition) is 2. The molecule has 1 unspecified atom stereocenters. The second kappa shape index (κ2) is 6.96. The van der Waals surface area contributed by atoms with Crippen LogP contribution in [0.4, 0.5) is 0 Å². The Morgan fingerprint density at radius 2 is 2.05 bits per heavy atom. The average molecular weight is 370 g/mol. The summed E-state index contributed by atoms with van der Waals surface area (Å²) in [4.78, 5) is 11.6. The van der Waals surface area contributed by atoms with Crippen LogP contribution in [0.25, 0.3) is 0 Å². The molecule has 0 fully saturated rings. The lowest BCUT2D eigenvalue weighted by Crippen LogP contribution is -2.15. The Morgan fingerprint density at radius 3 is 2.67 bits per heavy atom. The minimum Gasteiger partial charge on any atom is -0.496 e. The Morgan fingerprint density at radius 1 is 1.33 bits per heavy atom. The van der Waals surface area contributed by atoms with Gasteiger partial charge in [-0.15, -0.1) is 0 Å². The molecule has 0 aliphatic heterocycles. The van der Waals surface area contributed by atoms with Gasteiger partial charge in [-0.3, -0.25) is 4.79 Å². The van der Waals surface area contributed by atoms with Crippen molar-refractivity contribution in [2.75, 3.05) is 7.11 Å². The van der Waals surface area contributed by atoms with E-state index in [1.165, 1.54) is 0 Å². The van der Waals surface area contributed by atoms with E-state index in [-0.39, 0.29) is 0 Å². The molecule has 0 aromatic heterocycles. The van der Waals surface area contributed by atoms with Gasteiger partial charge >= 0.3 is 5.97 Å². The summed E-state index contributed by atoms with van der Waals surface area (Å²) in [5, 5.41) is 9.99. The molecule has 21 heavy (non-hydrogen) atoms. The third-order valence-corrected chi connectivity index (χ3v) is 4.08. The SMILES string of the molecule is COc1ccc(Br)cc1CC(C(=O)O)c1ccccc1Cl. The summed E-state index contributed by atoms with van der Waals surface area (Å²) in [6.07, 6.45) is 0.307. The van der Waals surface area contributed by atoms with Crippen LogP contribution < -0.4 is 4.74 Å².